The quantitative estimate of drug-likeness (QED) is 0.776. The molecule has 3 N–H and O–H groups in total. The topological polar surface area (TPSA) is 107 Å². The van der Waals surface area contributed by atoms with E-state index in [9.17, 15) is 13.2 Å². The SMILES string of the molecule is [2H]C([2H])([2H])Oc1cc(N)c(S(=O)(=O)CC)cc1C(=O)O. The van der Waals surface area contributed by atoms with Crippen molar-refractivity contribution < 1.29 is 27.2 Å². The van der Waals surface area contributed by atoms with E-state index in [1.165, 1.54) is 6.92 Å². The van der Waals surface area contributed by atoms with Crippen LogP contribution in [0.4, 0.5) is 5.69 Å². The summed E-state index contributed by atoms with van der Waals surface area (Å²) in [5, 5.41) is 9.02. The number of carboxylic acids is 1. The molecule has 17 heavy (non-hydrogen) atoms. The highest BCUT2D eigenvalue weighted by Gasteiger charge is 2.21. The van der Waals surface area contributed by atoms with Crippen molar-refractivity contribution in [1.82, 2.24) is 0 Å². The molecule has 1 aromatic carbocycles. The van der Waals surface area contributed by atoms with Crippen LogP contribution in [-0.4, -0.2) is 32.3 Å². The molecule has 0 fully saturated rings. The first-order valence-corrected chi connectivity index (χ1v) is 6.21. The molecule has 0 atom stereocenters. The number of aromatic carboxylic acids is 1. The zero-order chi connectivity index (χ0) is 15.7. The number of nitrogen functional groups attached to an aromatic ring is 1. The summed E-state index contributed by atoms with van der Waals surface area (Å²) in [7, 11) is -6.60. The Bertz CT molecular complexity index is 639. The molecule has 6 nitrogen and oxygen atoms in total. The standard InChI is InChI=1S/C10H13NO5S/c1-3-17(14,15)9-4-6(10(12)13)8(16-2)5-7(9)11/h4-5H,3,11H2,1-2H3,(H,12,13)/i2D3. The van der Waals surface area contributed by atoms with Crippen LogP contribution in [0.15, 0.2) is 17.0 Å². The minimum atomic E-state index is -3.73. The Balaban J connectivity index is 3.52. The maximum atomic E-state index is 11.8. The molecule has 1 aromatic rings. The largest absolute Gasteiger partial charge is 0.496 e. The number of sulfone groups is 1. The molecule has 7 heteroatoms. The summed E-state index contributed by atoms with van der Waals surface area (Å²) in [6, 6.07) is 1.69. The van der Waals surface area contributed by atoms with E-state index in [2.05, 4.69) is 4.74 Å². The van der Waals surface area contributed by atoms with Gasteiger partial charge in [0.25, 0.3) is 0 Å². The highest BCUT2D eigenvalue weighted by atomic mass is 32.2. The Labute approximate surface area is 103 Å². The normalized spacial score (nSPS) is 14.5. The van der Waals surface area contributed by atoms with E-state index in [1.807, 2.05) is 0 Å². The predicted molar refractivity (Wildman–Crippen MR) is 62.1 cm³/mol. The highest BCUT2D eigenvalue weighted by molar-refractivity contribution is 7.91. The van der Waals surface area contributed by atoms with Crippen molar-refractivity contribution in [2.75, 3.05) is 18.5 Å². The van der Waals surface area contributed by atoms with Gasteiger partial charge in [-0.1, -0.05) is 6.92 Å². The molecule has 0 heterocycles. The van der Waals surface area contributed by atoms with Gasteiger partial charge in [-0.15, -0.1) is 0 Å². The zero-order valence-electron chi connectivity index (χ0n) is 11.9. The lowest BCUT2D eigenvalue weighted by Crippen LogP contribution is -2.10. The van der Waals surface area contributed by atoms with E-state index in [4.69, 9.17) is 15.0 Å². The van der Waals surface area contributed by atoms with Crippen LogP contribution in [-0.2, 0) is 9.84 Å². The molecule has 0 unspecified atom stereocenters. The molecular weight excluding hydrogens is 246 g/mol. The fourth-order valence-corrected chi connectivity index (χ4v) is 2.28. The summed E-state index contributed by atoms with van der Waals surface area (Å²) in [6.07, 6.45) is 0. The van der Waals surface area contributed by atoms with Gasteiger partial charge < -0.3 is 15.6 Å². The predicted octanol–water partition coefficient (Wildman–Crippen LogP) is 0.769. The highest BCUT2D eigenvalue weighted by Crippen LogP contribution is 2.29. The van der Waals surface area contributed by atoms with Gasteiger partial charge in [0.1, 0.15) is 11.3 Å². The van der Waals surface area contributed by atoms with Crippen molar-refractivity contribution in [2.45, 2.75) is 11.8 Å². The van der Waals surface area contributed by atoms with Crippen molar-refractivity contribution in [3.63, 3.8) is 0 Å². The van der Waals surface area contributed by atoms with Crippen molar-refractivity contribution in [3.8, 4) is 5.75 Å². The minimum absolute atomic E-state index is 0.267. The number of rotatable bonds is 4. The van der Waals surface area contributed by atoms with Gasteiger partial charge in [0.15, 0.2) is 9.84 Å². The number of ether oxygens (including phenoxy) is 1. The fourth-order valence-electron chi connectivity index (χ4n) is 1.25. The fraction of sp³-hybridized carbons (Fsp3) is 0.300. The number of carbonyl (C=O) groups is 1. The molecule has 0 saturated heterocycles. The first kappa shape index (κ1) is 9.29. The van der Waals surface area contributed by atoms with E-state index in [-0.39, 0.29) is 16.3 Å². The molecule has 0 saturated carbocycles. The maximum absolute atomic E-state index is 11.8. The summed E-state index contributed by atoms with van der Waals surface area (Å²) in [5.74, 6) is -2.29. The summed E-state index contributed by atoms with van der Waals surface area (Å²) in [5.41, 5.74) is 4.69. The smallest absolute Gasteiger partial charge is 0.339 e. The van der Waals surface area contributed by atoms with Crippen LogP contribution in [0.1, 0.15) is 21.4 Å². The Morgan fingerprint density at radius 2 is 2.24 bits per heavy atom. The monoisotopic (exact) mass is 262 g/mol. The minimum Gasteiger partial charge on any atom is -0.496 e. The molecule has 94 valence electrons. The van der Waals surface area contributed by atoms with Crippen molar-refractivity contribution in [2.24, 2.45) is 0 Å². The van der Waals surface area contributed by atoms with E-state index in [0.717, 1.165) is 12.1 Å². The first-order valence-electron chi connectivity index (χ1n) is 6.06. The summed E-state index contributed by atoms with van der Waals surface area (Å²) >= 11 is 0. The lowest BCUT2D eigenvalue weighted by atomic mass is 10.2. The third kappa shape index (κ3) is 2.50. The van der Waals surface area contributed by atoms with Gasteiger partial charge in [-0.2, -0.15) is 0 Å². The third-order valence-corrected chi connectivity index (χ3v) is 3.95. The second kappa shape index (κ2) is 4.62. The second-order valence-corrected chi connectivity index (χ2v) is 5.44. The average molecular weight is 262 g/mol. The van der Waals surface area contributed by atoms with Crippen molar-refractivity contribution in [1.29, 1.82) is 0 Å². The van der Waals surface area contributed by atoms with E-state index >= 15 is 0 Å². The Morgan fingerprint density at radius 1 is 1.59 bits per heavy atom. The molecule has 0 aliphatic heterocycles. The van der Waals surface area contributed by atoms with Gasteiger partial charge in [-0.3, -0.25) is 0 Å². The van der Waals surface area contributed by atoms with Gasteiger partial charge >= 0.3 is 5.97 Å². The Hall–Kier alpha value is -1.76. The molecule has 1 rings (SSSR count). The number of methoxy groups -OCH3 is 1. The zero-order valence-corrected chi connectivity index (χ0v) is 9.74. The molecular formula is C10H13NO5S. The summed E-state index contributed by atoms with van der Waals surface area (Å²) in [6.45, 7) is 1.38. The number of carboxylic acid groups (broad SMARTS) is 1. The lowest BCUT2D eigenvalue weighted by Gasteiger charge is -2.10. The molecule has 0 amide bonds. The van der Waals surface area contributed by atoms with Gasteiger partial charge in [0.05, 0.1) is 27.5 Å². The molecule has 0 aliphatic carbocycles. The first-order chi connectivity index (χ1) is 8.98. The van der Waals surface area contributed by atoms with Gasteiger partial charge in [0.2, 0.25) is 0 Å². The number of anilines is 1. The van der Waals surface area contributed by atoms with Gasteiger partial charge in [-0.25, -0.2) is 13.2 Å². The van der Waals surface area contributed by atoms with E-state index in [1.54, 1.807) is 0 Å². The van der Waals surface area contributed by atoms with Crippen LogP contribution in [0.25, 0.3) is 0 Å². The Morgan fingerprint density at radius 3 is 2.71 bits per heavy atom. The number of benzene rings is 1. The van der Waals surface area contributed by atoms with Crippen molar-refractivity contribution in [3.05, 3.63) is 17.7 Å². The Kier molecular flexibility index (Phi) is 2.53. The summed E-state index contributed by atoms with van der Waals surface area (Å²) < 4.78 is 48.9. The van der Waals surface area contributed by atoms with E-state index in [0.29, 0.717) is 0 Å². The number of hydrogen-bond acceptors (Lipinski definition) is 5. The lowest BCUT2D eigenvalue weighted by molar-refractivity contribution is 0.0693. The molecule has 0 aromatic heterocycles. The van der Waals surface area contributed by atoms with E-state index < -0.39 is 34.2 Å². The van der Waals surface area contributed by atoms with Gasteiger partial charge in [0, 0.05) is 6.07 Å². The van der Waals surface area contributed by atoms with Crippen LogP contribution in [0.5, 0.6) is 5.75 Å². The average Bonchev–Trinajstić information content (AvgIpc) is 2.26. The van der Waals surface area contributed by atoms with Gasteiger partial charge in [-0.05, 0) is 6.07 Å². The number of nitrogens with two attached hydrogens (primary N) is 1. The van der Waals surface area contributed by atoms with Crippen LogP contribution in [0.2, 0.25) is 0 Å². The molecule has 0 spiro atoms. The van der Waals surface area contributed by atoms with Crippen LogP contribution < -0.4 is 10.5 Å². The van der Waals surface area contributed by atoms with Crippen LogP contribution in [0.3, 0.4) is 0 Å². The second-order valence-electron chi connectivity index (χ2n) is 3.20. The molecule has 0 bridgehead atoms. The maximum Gasteiger partial charge on any atom is 0.339 e. The third-order valence-electron chi connectivity index (χ3n) is 2.17. The molecule has 0 aliphatic rings. The molecule has 0 radical (unpaired) electrons. The van der Waals surface area contributed by atoms with Crippen LogP contribution in [0, 0.1) is 0 Å². The number of hydrogen-bond donors (Lipinski definition) is 2. The summed E-state index contributed by atoms with van der Waals surface area (Å²) in [4.78, 5) is 10.7. The van der Waals surface area contributed by atoms with Crippen LogP contribution >= 0.6 is 0 Å². The van der Waals surface area contributed by atoms with Crippen molar-refractivity contribution >= 4 is 21.5 Å².